The van der Waals surface area contributed by atoms with Gasteiger partial charge in [-0.25, -0.2) is 4.39 Å². The molecule has 0 spiro atoms. The normalized spacial score (nSPS) is 11.6. The summed E-state index contributed by atoms with van der Waals surface area (Å²) in [5, 5.41) is 9.16. The maximum absolute atomic E-state index is 13.8. The highest BCUT2D eigenvalue weighted by Crippen LogP contribution is 2.28. The second-order valence-electron chi connectivity index (χ2n) is 4.36. The van der Waals surface area contributed by atoms with E-state index in [0.29, 0.717) is 22.3 Å². The molecular weight excluding hydrogens is 363 g/mol. The molecule has 1 aromatic heterocycles. The summed E-state index contributed by atoms with van der Waals surface area (Å²) in [7, 11) is -2.29. The topological polar surface area (TPSA) is 86.9 Å². The molecule has 114 valence electrons. The summed E-state index contributed by atoms with van der Waals surface area (Å²) in [6, 6.07) is 4.19. The Bertz CT molecular complexity index is 740. The first-order valence-electron chi connectivity index (χ1n) is 6.02. The van der Waals surface area contributed by atoms with Gasteiger partial charge in [0, 0.05) is 22.3 Å². The highest BCUT2D eigenvalue weighted by Gasteiger charge is 2.25. The number of hydrogen-bond donors (Lipinski definition) is 3. The molecule has 3 N–H and O–H groups in total. The van der Waals surface area contributed by atoms with E-state index in [1.165, 1.54) is 12.1 Å². The number of anilines is 1. The lowest BCUT2D eigenvalue weighted by Gasteiger charge is -2.10. The third-order valence-corrected chi connectivity index (χ3v) is 4.82. The van der Waals surface area contributed by atoms with E-state index in [1.54, 1.807) is 20.0 Å². The van der Waals surface area contributed by atoms with Crippen molar-refractivity contribution >= 4 is 31.6 Å². The lowest BCUT2D eigenvalue weighted by Crippen LogP contribution is -2.18. The van der Waals surface area contributed by atoms with Crippen LogP contribution in [0.25, 0.3) is 0 Å². The number of sulfonamides is 1. The van der Waals surface area contributed by atoms with Crippen LogP contribution in [0, 0.1) is 12.7 Å². The van der Waals surface area contributed by atoms with Gasteiger partial charge in [0.2, 0.25) is 5.03 Å². The molecule has 0 unspecified atom stereocenters. The first kappa shape index (κ1) is 15.9. The predicted molar refractivity (Wildman–Crippen MR) is 81.0 cm³/mol. The number of benzene rings is 1. The zero-order valence-electron chi connectivity index (χ0n) is 11.4. The number of nitrogens with zero attached hydrogens (tertiary/aromatic N) is 1. The summed E-state index contributed by atoms with van der Waals surface area (Å²) in [6.07, 6.45) is 0. The average molecular weight is 377 g/mol. The zero-order valence-corrected chi connectivity index (χ0v) is 13.8. The number of H-pyrrole nitrogens is 1. The molecule has 6 nitrogen and oxygen atoms in total. The Labute approximate surface area is 130 Å². The van der Waals surface area contributed by atoms with Crippen molar-refractivity contribution in [2.24, 2.45) is 0 Å². The second kappa shape index (κ2) is 6.12. The smallest absolute Gasteiger partial charge is 0.281 e. The van der Waals surface area contributed by atoms with Crippen molar-refractivity contribution in [2.75, 3.05) is 11.8 Å². The van der Waals surface area contributed by atoms with E-state index in [0.717, 1.165) is 0 Å². The summed E-state index contributed by atoms with van der Waals surface area (Å²) < 4.78 is 41.1. The molecule has 21 heavy (non-hydrogen) atoms. The highest BCUT2D eigenvalue weighted by molar-refractivity contribution is 9.10. The van der Waals surface area contributed by atoms with Crippen molar-refractivity contribution in [3.63, 3.8) is 0 Å². The molecule has 0 fully saturated rings. The van der Waals surface area contributed by atoms with Gasteiger partial charge in [-0.1, -0.05) is 6.07 Å². The molecule has 0 saturated heterocycles. The van der Waals surface area contributed by atoms with Crippen molar-refractivity contribution in [3.8, 4) is 0 Å². The third kappa shape index (κ3) is 3.25. The van der Waals surface area contributed by atoms with Crippen LogP contribution in [0.3, 0.4) is 0 Å². The molecule has 0 aliphatic carbocycles. The molecule has 0 saturated carbocycles. The van der Waals surface area contributed by atoms with Gasteiger partial charge in [0.1, 0.15) is 5.82 Å². The van der Waals surface area contributed by atoms with E-state index in [1.807, 2.05) is 0 Å². The average Bonchev–Trinajstić information content (AvgIpc) is 2.77. The molecule has 1 heterocycles. The van der Waals surface area contributed by atoms with Crippen LogP contribution >= 0.6 is 15.9 Å². The lowest BCUT2D eigenvalue weighted by atomic mass is 10.3. The van der Waals surface area contributed by atoms with Crippen molar-refractivity contribution in [1.82, 2.24) is 15.5 Å². The Kier molecular flexibility index (Phi) is 4.64. The van der Waals surface area contributed by atoms with Crippen molar-refractivity contribution in [3.05, 3.63) is 39.7 Å². The fourth-order valence-corrected chi connectivity index (χ4v) is 3.68. The number of aromatic amines is 1. The van der Waals surface area contributed by atoms with Gasteiger partial charge >= 0.3 is 0 Å². The van der Waals surface area contributed by atoms with Crippen molar-refractivity contribution < 1.29 is 12.8 Å². The van der Waals surface area contributed by atoms with E-state index in [-0.39, 0.29) is 10.7 Å². The zero-order chi connectivity index (χ0) is 15.6. The summed E-state index contributed by atoms with van der Waals surface area (Å²) in [4.78, 5) is 0. The van der Waals surface area contributed by atoms with Gasteiger partial charge in [-0.3, -0.25) is 9.82 Å². The Balaban J connectivity index is 2.44. The molecule has 0 aliphatic rings. The van der Waals surface area contributed by atoms with Crippen LogP contribution in [0.15, 0.2) is 27.7 Å². The van der Waals surface area contributed by atoms with E-state index in [9.17, 15) is 12.8 Å². The Hall–Kier alpha value is -1.45. The summed E-state index contributed by atoms with van der Waals surface area (Å²) in [5.74, 6) is -0.671. The van der Waals surface area contributed by atoms with Crippen LogP contribution in [0.4, 0.5) is 10.1 Å². The standard InChI is InChI=1S/C12H14BrFN4O2S/c1-7-8(6-15-2)12(17-16-7)21(19,20)18-11-9(13)4-3-5-10(11)14/h3-5,15,18H,6H2,1-2H3,(H,16,17). The van der Waals surface area contributed by atoms with Crippen LogP contribution in [-0.2, 0) is 16.6 Å². The Morgan fingerprint density at radius 3 is 2.76 bits per heavy atom. The maximum Gasteiger partial charge on any atom is 0.281 e. The quantitative estimate of drug-likeness (QED) is 0.745. The van der Waals surface area contributed by atoms with Gasteiger partial charge in [-0.05, 0) is 42.0 Å². The minimum Gasteiger partial charge on any atom is -0.316 e. The number of nitrogens with one attached hydrogen (secondary N) is 3. The van der Waals surface area contributed by atoms with Crippen molar-refractivity contribution in [1.29, 1.82) is 0 Å². The summed E-state index contributed by atoms with van der Waals surface area (Å²) in [6.45, 7) is 2.05. The van der Waals surface area contributed by atoms with E-state index >= 15 is 0 Å². The molecule has 2 rings (SSSR count). The van der Waals surface area contributed by atoms with E-state index < -0.39 is 15.8 Å². The summed E-state index contributed by atoms with van der Waals surface area (Å²) >= 11 is 3.12. The van der Waals surface area contributed by atoms with Crippen molar-refractivity contribution in [2.45, 2.75) is 18.5 Å². The highest BCUT2D eigenvalue weighted by atomic mass is 79.9. The SMILES string of the molecule is CNCc1c(S(=O)(=O)Nc2c(F)cccc2Br)n[nH]c1C. The number of para-hydroxylation sites is 1. The van der Waals surface area contributed by atoms with Crippen LogP contribution in [0.1, 0.15) is 11.3 Å². The van der Waals surface area contributed by atoms with Gasteiger partial charge in [-0.15, -0.1) is 0 Å². The van der Waals surface area contributed by atoms with Crippen LogP contribution in [0.2, 0.25) is 0 Å². The number of aryl methyl sites for hydroxylation is 1. The molecule has 0 atom stereocenters. The van der Waals surface area contributed by atoms with Gasteiger partial charge < -0.3 is 5.32 Å². The van der Waals surface area contributed by atoms with Crippen LogP contribution in [0.5, 0.6) is 0 Å². The summed E-state index contributed by atoms with van der Waals surface area (Å²) in [5.41, 5.74) is 1.00. The number of hydrogen-bond acceptors (Lipinski definition) is 4. The molecule has 0 bridgehead atoms. The van der Waals surface area contributed by atoms with Gasteiger partial charge in [0.25, 0.3) is 10.0 Å². The lowest BCUT2D eigenvalue weighted by molar-refractivity contribution is 0.592. The van der Waals surface area contributed by atoms with Crippen LogP contribution < -0.4 is 10.0 Å². The predicted octanol–water partition coefficient (Wildman–Crippen LogP) is 2.14. The third-order valence-electron chi connectivity index (χ3n) is 2.84. The number of aromatic nitrogens is 2. The molecule has 0 aliphatic heterocycles. The van der Waals surface area contributed by atoms with Crippen LogP contribution in [-0.4, -0.2) is 25.7 Å². The number of rotatable bonds is 5. The molecule has 1 aromatic carbocycles. The van der Waals surface area contributed by atoms with Gasteiger partial charge in [0.15, 0.2) is 0 Å². The largest absolute Gasteiger partial charge is 0.316 e. The molecule has 0 radical (unpaired) electrons. The van der Waals surface area contributed by atoms with Gasteiger partial charge in [-0.2, -0.15) is 13.5 Å². The minimum atomic E-state index is -3.99. The van der Waals surface area contributed by atoms with Gasteiger partial charge in [0.05, 0.1) is 5.69 Å². The number of halogens is 2. The fraction of sp³-hybridized carbons (Fsp3) is 0.250. The van der Waals surface area contributed by atoms with E-state index in [4.69, 9.17) is 0 Å². The first-order chi connectivity index (χ1) is 9.86. The van der Waals surface area contributed by atoms with E-state index in [2.05, 4.69) is 36.2 Å². The Morgan fingerprint density at radius 1 is 1.43 bits per heavy atom. The first-order valence-corrected chi connectivity index (χ1v) is 8.29. The minimum absolute atomic E-state index is 0.145. The molecule has 2 aromatic rings. The monoisotopic (exact) mass is 376 g/mol. The molecule has 9 heteroatoms. The Morgan fingerprint density at radius 2 is 2.14 bits per heavy atom. The fourth-order valence-electron chi connectivity index (χ4n) is 1.82. The molecule has 0 amide bonds. The molecular formula is C12H14BrFN4O2S. The second-order valence-corrected chi connectivity index (χ2v) is 6.82. The maximum atomic E-state index is 13.8.